The molecular formula is C25H28BrClN2O4. The van der Waals surface area contributed by atoms with Crippen molar-refractivity contribution in [3.05, 3.63) is 68.7 Å². The highest BCUT2D eigenvalue weighted by molar-refractivity contribution is 9.10. The molecule has 1 fully saturated rings. The summed E-state index contributed by atoms with van der Waals surface area (Å²) in [5, 5.41) is 11.5. The number of amides is 1. The minimum atomic E-state index is -0.706. The number of aliphatic hydroxyl groups excluding tert-OH is 1. The zero-order chi connectivity index (χ0) is 24.1. The molecule has 1 saturated heterocycles. The van der Waals surface area contributed by atoms with Crippen LogP contribution in [0, 0.1) is 0 Å². The summed E-state index contributed by atoms with van der Waals surface area (Å²) in [7, 11) is 0. The number of ether oxygens (including phenoxy) is 1. The quantitative estimate of drug-likeness (QED) is 0.269. The van der Waals surface area contributed by atoms with Crippen molar-refractivity contribution in [2.75, 3.05) is 32.8 Å². The number of halogens is 2. The first kappa shape index (κ1) is 25.3. The maximum atomic E-state index is 13.1. The topological polar surface area (TPSA) is 70.1 Å². The molecule has 2 aromatic carbocycles. The Bertz CT molecular complexity index is 1070. The minimum absolute atomic E-state index is 0.0536. The number of Topliss-reactive ketones (excluding diaryl/α,β-unsaturated/α-hetero) is 1. The highest BCUT2D eigenvalue weighted by atomic mass is 79.9. The normalized spacial score (nSPS) is 17.8. The van der Waals surface area contributed by atoms with Gasteiger partial charge >= 0.3 is 0 Å². The molecule has 6 nitrogen and oxygen atoms in total. The molecule has 1 amide bonds. The van der Waals surface area contributed by atoms with E-state index >= 15 is 0 Å². The molecule has 0 unspecified atom stereocenters. The predicted octanol–water partition coefficient (Wildman–Crippen LogP) is 5.26. The SMILES string of the molecule is CCOc1ccc(C(O)=C2C(=O)C(=O)N(CCN(CC)CC)[C@H]2c2cccc(Br)c2)cc1Cl. The van der Waals surface area contributed by atoms with Crippen LogP contribution in [-0.4, -0.2) is 59.4 Å². The molecule has 3 rings (SSSR count). The van der Waals surface area contributed by atoms with Crippen LogP contribution < -0.4 is 4.74 Å². The second kappa shape index (κ2) is 11.2. The van der Waals surface area contributed by atoms with E-state index in [1.807, 2.05) is 31.2 Å². The summed E-state index contributed by atoms with van der Waals surface area (Å²) >= 11 is 9.78. The van der Waals surface area contributed by atoms with E-state index in [1.165, 1.54) is 0 Å². The third-order valence-electron chi connectivity index (χ3n) is 5.76. The third kappa shape index (κ3) is 5.42. The van der Waals surface area contributed by atoms with Gasteiger partial charge in [-0.25, -0.2) is 0 Å². The number of benzene rings is 2. The number of hydrogen-bond donors (Lipinski definition) is 1. The molecule has 0 spiro atoms. The van der Waals surface area contributed by atoms with Crippen LogP contribution in [0.5, 0.6) is 5.75 Å². The summed E-state index contributed by atoms with van der Waals surface area (Å²) in [5.74, 6) is -1.10. The smallest absolute Gasteiger partial charge is 0.295 e. The first-order valence-corrected chi connectivity index (χ1v) is 12.2. The van der Waals surface area contributed by atoms with E-state index in [2.05, 4.69) is 34.7 Å². The van der Waals surface area contributed by atoms with Gasteiger partial charge in [-0.3, -0.25) is 9.59 Å². The maximum Gasteiger partial charge on any atom is 0.295 e. The van der Waals surface area contributed by atoms with Crippen LogP contribution in [0.2, 0.25) is 5.02 Å². The van der Waals surface area contributed by atoms with Gasteiger partial charge < -0.3 is 19.6 Å². The fraction of sp³-hybridized carbons (Fsp3) is 0.360. The summed E-state index contributed by atoms with van der Waals surface area (Å²) in [6.45, 7) is 9.08. The molecule has 0 aromatic heterocycles. The van der Waals surface area contributed by atoms with E-state index in [4.69, 9.17) is 16.3 Å². The van der Waals surface area contributed by atoms with Gasteiger partial charge in [0.2, 0.25) is 0 Å². The molecule has 0 radical (unpaired) electrons. The van der Waals surface area contributed by atoms with E-state index in [0.29, 0.717) is 36.0 Å². The van der Waals surface area contributed by atoms with E-state index in [9.17, 15) is 14.7 Å². The summed E-state index contributed by atoms with van der Waals surface area (Å²) in [6.07, 6.45) is 0. The van der Waals surface area contributed by atoms with E-state index < -0.39 is 17.7 Å². The zero-order valence-electron chi connectivity index (χ0n) is 19.0. The minimum Gasteiger partial charge on any atom is -0.507 e. The van der Waals surface area contributed by atoms with Gasteiger partial charge in [0, 0.05) is 23.1 Å². The Morgan fingerprint density at radius 2 is 1.88 bits per heavy atom. The molecule has 8 heteroatoms. The van der Waals surface area contributed by atoms with Crippen LogP contribution in [0.4, 0.5) is 0 Å². The van der Waals surface area contributed by atoms with Crippen molar-refractivity contribution >= 4 is 45.0 Å². The van der Waals surface area contributed by atoms with Crippen molar-refractivity contribution in [3.63, 3.8) is 0 Å². The molecule has 0 saturated carbocycles. The average Bonchev–Trinajstić information content (AvgIpc) is 3.05. The standard InChI is InChI=1S/C25H28BrClN2O4/c1-4-28(5-2)12-13-29-22(16-8-7-9-18(26)14-16)21(24(31)25(29)32)23(30)17-10-11-20(33-6-3)19(27)15-17/h7-11,14-15,22,30H,4-6,12-13H2,1-3H3/t22-/m0/s1. The largest absolute Gasteiger partial charge is 0.507 e. The third-order valence-corrected chi connectivity index (χ3v) is 6.55. The van der Waals surface area contributed by atoms with Crippen molar-refractivity contribution in [1.29, 1.82) is 0 Å². The molecule has 0 aliphatic carbocycles. The van der Waals surface area contributed by atoms with Gasteiger partial charge in [-0.05, 0) is 55.9 Å². The lowest BCUT2D eigenvalue weighted by Crippen LogP contribution is -2.38. The van der Waals surface area contributed by atoms with Crippen LogP contribution in [0.25, 0.3) is 5.76 Å². The molecule has 1 N–H and O–H groups in total. The molecular weight excluding hydrogens is 508 g/mol. The molecule has 1 aliphatic rings. The Labute approximate surface area is 207 Å². The Morgan fingerprint density at radius 1 is 1.15 bits per heavy atom. The maximum absolute atomic E-state index is 13.1. The summed E-state index contributed by atoms with van der Waals surface area (Å²) in [6, 6.07) is 11.5. The molecule has 176 valence electrons. The van der Waals surface area contributed by atoms with Crippen LogP contribution in [0.1, 0.15) is 37.9 Å². The van der Waals surface area contributed by atoms with Gasteiger partial charge in [0.15, 0.2) is 0 Å². The predicted molar refractivity (Wildman–Crippen MR) is 134 cm³/mol. The van der Waals surface area contributed by atoms with Crippen molar-refractivity contribution < 1.29 is 19.4 Å². The lowest BCUT2D eigenvalue weighted by molar-refractivity contribution is -0.140. The average molecular weight is 536 g/mol. The number of hydrogen-bond acceptors (Lipinski definition) is 5. The van der Waals surface area contributed by atoms with Crippen molar-refractivity contribution in [2.45, 2.75) is 26.8 Å². The fourth-order valence-electron chi connectivity index (χ4n) is 4.00. The first-order chi connectivity index (χ1) is 15.8. The van der Waals surface area contributed by atoms with Gasteiger partial charge in [0.1, 0.15) is 11.5 Å². The monoisotopic (exact) mass is 534 g/mol. The number of likely N-dealkylation sites (N-methyl/N-ethyl adjacent to an activating group) is 1. The van der Waals surface area contributed by atoms with Gasteiger partial charge in [0.05, 0.1) is 23.2 Å². The number of ketones is 1. The lowest BCUT2D eigenvalue weighted by atomic mass is 9.95. The van der Waals surface area contributed by atoms with Crippen LogP contribution in [0.3, 0.4) is 0 Å². The second-order valence-corrected chi connectivity index (χ2v) is 8.98. The molecule has 1 heterocycles. The number of likely N-dealkylation sites (tertiary alicyclic amines) is 1. The van der Waals surface area contributed by atoms with Crippen molar-refractivity contribution in [3.8, 4) is 5.75 Å². The van der Waals surface area contributed by atoms with Crippen molar-refractivity contribution in [1.82, 2.24) is 9.80 Å². The Hall–Kier alpha value is -2.35. The van der Waals surface area contributed by atoms with Crippen LogP contribution in [0.15, 0.2) is 52.5 Å². The molecule has 0 bridgehead atoms. The van der Waals surface area contributed by atoms with Gasteiger partial charge in [0.25, 0.3) is 11.7 Å². The van der Waals surface area contributed by atoms with Crippen LogP contribution >= 0.6 is 27.5 Å². The number of rotatable bonds is 9. The van der Waals surface area contributed by atoms with E-state index in [-0.39, 0.29) is 11.3 Å². The van der Waals surface area contributed by atoms with E-state index in [1.54, 1.807) is 23.1 Å². The number of carbonyl (C=O) groups excluding carboxylic acids is 2. The molecule has 33 heavy (non-hydrogen) atoms. The fourth-order valence-corrected chi connectivity index (χ4v) is 4.65. The summed E-state index contributed by atoms with van der Waals surface area (Å²) in [5.41, 5.74) is 1.14. The Kier molecular flexibility index (Phi) is 8.57. The van der Waals surface area contributed by atoms with Gasteiger partial charge in [-0.15, -0.1) is 0 Å². The van der Waals surface area contributed by atoms with E-state index in [0.717, 1.165) is 23.1 Å². The number of carbonyl (C=O) groups is 2. The lowest BCUT2D eigenvalue weighted by Gasteiger charge is -2.28. The Morgan fingerprint density at radius 3 is 2.48 bits per heavy atom. The first-order valence-electron chi connectivity index (χ1n) is 11.0. The van der Waals surface area contributed by atoms with Crippen molar-refractivity contribution in [2.24, 2.45) is 0 Å². The number of aliphatic hydroxyl groups is 1. The number of nitrogens with zero attached hydrogens (tertiary/aromatic N) is 2. The van der Waals surface area contributed by atoms with Gasteiger partial charge in [-0.2, -0.15) is 0 Å². The Balaban J connectivity index is 2.10. The highest BCUT2D eigenvalue weighted by Gasteiger charge is 2.46. The van der Waals surface area contributed by atoms with Crippen LogP contribution in [-0.2, 0) is 9.59 Å². The van der Waals surface area contributed by atoms with Gasteiger partial charge in [-0.1, -0.05) is 53.5 Å². The molecule has 1 aliphatic heterocycles. The molecule has 2 aromatic rings. The summed E-state index contributed by atoms with van der Waals surface area (Å²) < 4.78 is 6.28. The summed E-state index contributed by atoms with van der Waals surface area (Å²) in [4.78, 5) is 29.9. The molecule has 1 atom stereocenters. The highest BCUT2D eigenvalue weighted by Crippen LogP contribution is 2.40. The second-order valence-electron chi connectivity index (χ2n) is 7.65. The zero-order valence-corrected chi connectivity index (χ0v) is 21.3.